The lowest BCUT2D eigenvalue weighted by Gasteiger charge is -2.09. The molecule has 1 unspecified atom stereocenters. The first-order valence-electron chi connectivity index (χ1n) is 10.0. The van der Waals surface area contributed by atoms with E-state index in [2.05, 4.69) is 67.1 Å². The minimum atomic E-state index is -0.505. The van der Waals surface area contributed by atoms with Crippen LogP contribution in [0.3, 0.4) is 0 Å². The molecule has 0 spiro atoms. The zero-order chi connectivity index (χ0) is 23.8. The van der Waals surface area contributed by atoms with E-state index in [4.69, 9.17) is 18.0 Å². The van der Waals surface area contributed by atoms with Crippen LogP contribution in [0.4, 0.5) is 0 Å². The van der Waals surface area contributed by atoms with E-state index in [9.17, 15) is 4.79 Å². The van der Waals surface area contributed by atoms with Crippen LogP contribution in [0.1, 0.15) is 50.3 Å². The molecule has 3 rings (SSSR count). The lowest BCUT2D eigenvalue weighted by atomic mass is 10.1. The Morgan fingerprint density at radius 2 is 1.72 bits per heavy atom. The summed E-state index contributed by atoms with van der Waals surface area (Å²) >= 11 is 15.4. The number of allylic oxidation sites excluding steroid dienone is 1. The number of nitrogens with one attached hydrogen (secondary N) is 1. The average molecular weight is 618 g/mol. The van der Waals surface area contributed by atoms with E-state index in [-0.39, 0.29) is 5.78 Å². The molecule has 2 aromatic rings. The summed E-state index contributed by atoms with van der Waals surface area (Å²) in [6.07, 6.45) is 4.26. The van der Waals surface area contributed by atoms with Crippen LogP contribution in [-0.2, 0) is 0 Å². The molecule has 1 aliphatic rings. The number of halogens is 2. The summed E-state index contributed by atoms with van der Waals surface area (Å²) in [7, 11) is 0. The molecule has 0 saturated heterocycles. The van der Waals surface area contributed by atoms with Gasteiger partial charge in [0.15, 0.2) is 5.78 Å². The van der Waals surface area contributed by atoms with E-state index >= 15 is 0 Å². The zero-order valence-corrected chi connectivity index (χ0v) is 24.0. The molecule has 3 N–H and O–H groups in total. The van der Waals surface area contributed by atoms with E-state index in [1.54, 1.807) is 24.9 Å². The van der Waals surface area contributed by atoms with Crippen molar-refractivity contribution in [3.63, 3.8) is 0 Å². The topological polar surface area (TPSA) is 80.9 Å². The smallest absolute Gasteiger partial charge is 0.198 e. The minimum Gasteiger partial charge on any atom is -0.353 e. The number of nitrogens with zero attached hydrogens (tertiary/aromatic N) is 2. The van der Waals surface area contributed by atoms with Crippen molar-refractivity contribution in [1.82, 2.24) is 15.3 Å². The molecule has 32 heavy (non-hydrogen) atoms. The maximum absolute atomic E-state index is 11.7. The number of Topliss-reactive ketones (excluding diaryl/α,β-unsaturated/α-hetero) is 1. The number of pyridine rings is 2. The quantitative estimate of drug-likeness (QED) is 0.207. The van der Waals surface area contributed by atoms with Gasteiger partial charge in [-0.05, 0) is 69.3 Å². The Morgan fingerprint density at radius 1 is 1.16 bits per heavy atom. The summed E-state index contributed by atoms with van der Waals surface area (Å²) in [6.45, 7) is 7.91. The Labute approximate surface area is 220 Å². The van der Waals surface area contributed by atoms with Crippen LogP contribution in [0.2, 0.25) is 0 Å². The van der Waals surface area contributed by atoms with Crippen molar-refractivity contribution in [2.24, 2.45) is 5.73 Å². The van der Waals surface area contributed by atoms with Crippen LogP contribution >= 0.6 is 67.6 Å². The number of carbonyl (C=O) groups is 1. The first kappa shape index (κ1) is 27.5. The summed E-state index contributed by atoms with van der Waals surface area (Å²) < 4.78 is 1.89. The van der Waals surface area contributed by atoms with Crippen molar-refractivity contribution in [1.29, 1.82) is 0 Å². The molecule has 3 heterocycles. The second-order valence-electron chi connectivity index (χ2n) is 6.85. The van der Waals surface area contributed by atoms with Gasteiger partial charge in [0, 0.05) is 48.8 Å². The normalized spacial score (nSPS) is 14.0. The van der Waals surface area contributed by atoms with Gasteiger partial charge in [0.05, 0.1) is 16.7 Å². The van der Waals surface area contributed by atoms with E-state index < -0.39 is 6.04 Å². The number of thioether (sulfide) groups is 2. The van der Waals surface area contributed by atoms with Crippen LogP contribution in [-0.4, -0.2) is 38.3 Å². The summed E-state index contributed by atoms with van der Waals surface area (Å²) in [6, 6.07) is 3.52. The molecular weight excluding hydrogens is 592 g/mol. The van der Waals surface area contributed by atoms with Gasteiger partial charge in [-0.25, -0.2) is 0 Å². The third-order valence-electron chi connectivity index (χ3n) is 4.29. The van der Waals surface area contributed by atoms with Gasteiger partial charge >= 0.3 is 0 Å². The molecule has 172 valence electrons. The van der Waals surface area contributed by atoms with E-state index in [0.717, 1.165) is 48.1 Å². The Kier molecular flexibility index (Phi) is 11.3. The standard InChI is InChI=1S/C12H13BrN2S2.C10H13BrN2OS/c1-3-17-10-4-8(13)6-14-12(10)9-5-11(16)15-7(9)2;1-3-15-8-4-7(11)5-13-9(8)10(14)6(2)12/h4,6H,3,5H2,1-2H3,(H,15,16);4-6H,3,12H2,1-2H3. The molecule has 0 radical (unpaired) electrons. The molecule has 0 aliphatic carbocycles. The van der Waals surface area contributed by atoms with Crippen LogP contribution in [0, 0.1) is 0 Å². The molecule has 0 bridgehead atoms. The number of hydrogen-bond donors (Lipinski definition) is 2. The predicted molar refractivity (Wildman–Crippen MR) is 148 cm³/mol. The molecule has 0 amide bonds. The minimum absolute atomic E-state index is 0.113. The van der Waals surface area contributed by atoms with Gasteiger partial charge < -0.3 is 11.1 Å². The third-order valence-corrected chi connectivity index (χ3v) is 7.22. The molecule has 10 heteroatoms. The number of hydrogen-bond acceptors (Lipinski definition) is 7. The summed E-state index contributed by atoms with van der Waals surface area (Å²) in [5.41, 5.74) is 9.44. The summed E-state index contributed by atoms with van der Waals surface area (Å²) in [4.78, 5) is 23.4. The first-order chi connectivity index (χ1) is 15.2. The monoisotopic (exact) mass is 616 g/mol. The van der Waals surface area contributed by atoms with Crippen LogP contribution in [0.5, 0.6) is 0 Å². The second kappa shape index (κ2) is 13.2. The summed E-state index contributed by atoms with van der Waals surface area (Å²) in [5.74, 6) is 1.82. The van der Waals surface area contributed by atoms with Gasteiger partial charge in [0.1, 0.15) is 5.69 Å². The van der Waals surface area contributed by atoms with E-state index in [0.29, 0.717) is 5.69 Å². The maximum atomic E-state index is 11.7. The Bertz CT molecular complexity index is 1030. The van der Waals surface area contributed by atoms with Gasteiger partial charge in [0.25, 0.3) is 0 Å². The fraction of sp³-hybridized carbons (Fsp3) is 0.364. The van der Waals surface area contributed by atoms with Gasteiger partial charge in [-0.1, -0.05) is 26.1 Å². The van der Waals surface area contributed by atoms with Crippen LogP contribution in [0.25, 0.3) is 5.57 Å². The number of aromatic nitrogens is 2. The van der Waals surface area contributed by atoms with Crippen molar-refractivity contribution >= 4 is 83.9 Å². The Balaban J connectivity index is 0.000000229. The molecule has 1 atom stereocenters. The lowest BCUT2D eigenvalue weighted by molar-refractivity contribution is 0.0960. The fourth-order valence-corrected chi connectivity index (χ4v) is 5.79. The van der Waals surface area contributed by atoms with Crippen molar-refractivity contribution < 1.29 is 4.79 Å². The van der Waals surface area contributed by atoms with Crippen molar-refractivity contribution in [2.45, 2.75) is 49.9 Å². The molecule has 1 aliphatic heterocycles. The molecule has 2 aromatic heterocycles. The highest BCUT2D eigenvalue weighted by Gasteiger charge is 2.20. The molecule has 5 nitrogen and oxygen atoms in total. The first-order valence-corrected chi connectivity index (χ1v) is 14.0. The van der Waals surface area contributed by atoms with Crippen molar-refractivity contribution in [3.8, 4) is 0 Å². The highest BCUT2D eigenvalue weighted by Crippen LogP contribution is 2.34. The van der Waals surface area contributed by atoms with Gasteiger partial charge in [0.2, 0.25) is 0 Å². The van der Waals surface area contributed by atoms with Crippen molar-refractivity contribution in [3.05, 3.63) is 50.6 Å². The van der Waals surface area contributed by atoms with Crippen LogP contribution in [0.15, 0.2) is 49.0 Å². The largest absolute Gasteiger partial charge is 0.353 e. The van der Waals surface area contributed by atoms with Crippen LogP contribution < -0.4 is 11.1 Å². The number of thiocarbonyl (C=S) groups is 1. The maximum Gasteiger partial charge on any atom is 0.198 e. The average Bonchev–Trinajstić information content (AvgIpc) is 3.06. The van der Waals surface area contributed by atoms with Gasteiger partial charge in [-0.15, -0.1) is 23.5 Å². The fourth-order valence-electron chi connectivity index (χ4n) is 2.88. The predicted octanol–water partition coefficient (Wildman–Crippen LogP) is 6.49. The molecule has 0 aromatic carbocycles. The van der Waals surface area contributed by atoms with Gasteiger partial charge in [-0.3, -0.25) is 14.8 Å². The zero-order valence-electron chi connectivity index (χ0n) is 18.4. The Hall–Kier alpha value is -0.780. The molecule has 0 saturated carbocycles. The Morgan fingerprint density at radius 3 is 2.25 bits per heavy atom. The van der Waals surface area contributed by atoms with E-state index in [1.165, 1.54) is 10.5 Å². The second-order valence-corrected chi connectivity index (χ2v) is 11.8. The summed E-state index contributed by atoms with van der Waals surface area (Å²) in [5, 5.41) is 3.20. The number of carbonyl (C=O) groups excluding carboxylic acids is 1. The van der Waals surface area contributed by atoms with Crippen molar-refractivity contribution in [2.75, 3.05) is 11.5 Å². The highest BCUT2D eigenvalue weighted by atomic mass is 79.9. The number of rotatable bonds is 7. The third kappa shape index (κ3) is 7.63. The number of ketones is 1. The highest BCUT2D eigenvalue weighted by molar-refractivity contribution is 9.10. The lowest BCUT2D eigenvalue weighted by Crippen LogP contribution is -2.27. The van der Waals surface area contributed by atoms with E-state index in [1.807, 2.05) is 30.9 Å². The number of nitrogens with two attached hydrogens (primary N) is 1. The molecule has 0 fully saturated rings. The van der Waals surface area contributed by atoms with Gasteiger partial charge in [-0.2, -0.15) is 0 Å². The molecular formula is C22H26Br2N4OS3. The SMILES string of the molecule is CCSc1cc(Br)cnc1C(=O)C(C)N.CCSc1cc(Br)cnc1C1=C(C)NC(=S)C1.